The van der Waals surface area contributed by atoms with Crippen LogP contribution in [0.15, 0.2) is 24.3 Å². The Balaban J connectivity index is 3.97. The zero-order chi connectivity index (χ0) is 34.7. The van der Waals surface area contributed by atoms with E-state index >= 15 is 0 Å². The lowest BCUT2D eigenvalue weighted by molar-refractivity contribution is -0.161. The van der Waals surface area contributed by atoms with Crippen LogP contribution in [0.4, 0.5) is 0 Å². The Hall–Kier alpha value is -1.47. The minimum absolute atomic E-state index is 0.212. The molecule has 1 atom stereocenters. The van der Waals surface area contributed by atoms with Gasteiger partial charge in [-0.05, 0) is 38.5 Å². The molecule has 0 amide bonds. The normalized spacial score (nSPS) is 12.7. The van der Waals surface area contributed by atoms with E-state index in [0.717, 1.165) is 57.8 Å². The Labute approximate surface area is 288 Å². The highest BCUT2D eigenvalue weighted by atomic mass is 31.2. The van der Waals surface area contributed by atoms with E-state index in [9.17, 15) is 14.2 Å². The Bertz CT molecular complexity index is 823. The molecular weight excluding hydrogens is 615 g/mol. The molecule has 0 spiro atoms. The second-order valence-corrected chi connectivity index (χ2v) is 14.2. The van der Waals surface area contributed by atoms with Crippen LogP contribution in [0.1, 0.15) is 187 Å². The van der Waals surface area contributed by atoms with Gasteiger partial charge in [-0.15, -0.1) is 0 Å². The van der Waals surface area contributed by atoms with E-state index in [1.54, 1.807) is 0 Å². The Morgan fingerprint density at radius 3 is 1.38 bits per heavy atom. The fourth-order valence-corrected chi connectivity index (χ4v) is 5.72. The summed E-state index contributed by atoms with van der Waals surface area (Å²) in [7, 11) is -4.75. The maximum Gasteiger partial charge on any atom is 0.469 e. The predicted octanol–water partition coefficient (Wildman–Crippen LogP) is 11.2. The molecule has 276 valence electrons. The third-order valence-electron chi connectivity index (χ3n) is 8.25. The van der Waals surface area contributed by atoms with Gasteiger partial charge in [0.05, 0.1) is 6.61 Å². The van der Waals surface area contributed by atoms with Crippen molar-refractivity contribution in [1.82, 2.24) is 0 Å². The standard InChI is InChI=1S/C38H71O8P/c1-3-5-7-9-11-13-15-17-19-21-22-24-26-28-30-32-37(39)44-34-36(35-45-47(41,42)43)46-38(40)33-31-29-27-25-23-20-18-16-14-12-10-8-6-4-2/h13,15,17,19,36H,3-12,14,16,18,20-35H2,1-2H3,(H2,41,42,43)/b15-13+,19-17+/t36-/m1/s1. The largest absolute Gasteiger partial charge is 0.469 e. The molecule has 0 aliphatic rings. The molecular formula is C38H71O8P. The maximum atomic E-state index is 12.4. The fraction of sp³-hybridized carbons (Fsp3) is 0.842. The highest BCUT2D eigenvalue weighted by molar-refractivity contribution is 7.46. The van der Waals surface area contributed by atoms with Crippen molar-refractivity contribution in [1.29, 1.82) is 0 Å². The molecule has 0 unspecified atom stereocenters. The van der Waals surface area contributed by atoms with Gasteiger partial charge < -0.3 is 19.3 Å². The number of esters is 2. The number of hydrogen-bond donors (Lipinski definition) is 2. The number of allylic oxidation sites excluding steroid dienone is 4. The zero-order valence-corrected chi connectivity index (χ0v) is 31.1. The average molecular weight is 687 g/mol. The van der Waals surface area contributed by atoms with Gasteiger partial charge in [-0.2, -0.15) is 0 Å². The molecule has 47 heavy (non-hydrogen) atoms. The molecule has 0 aromatic heterocycles. The van der Waals surface area contributed by atoms with Gasteiger partial charge in [0.15, 0.2) is 6.10 Å². The number of ether oxygens (including phenoxy) is 2. The van der Waals surface area contributed by atoms with Crippen LogP contribution in [-0.2, 0) is 28.2 Å². The van der Waals surface area contributed by atoms with E-state index in [0.29, 0.717) is 12.8 Å². The lowest BCUT2D eigenvalue weighted by atomic mass is 10.0. The number of phosphoric ester groups is 1. The van der Waals surface area contributed by atoms with Crippen LogP contribution >= 0.6 is 7.82 Å². The molecule has 0 rings (SSSR count). The van der Waals surface area contributed by atoms with E-state index < -0.39 is 32.5 Å². The summed E-state index contributed by atoms with van der Waals surface area (Å²) < 4.78 is 26.3. The molecule has 0 heterocycles. The molecule has 2 N–H and O–H groups in total. The molecule has 0 bridgehead atoms. The average Bonchev–Trinajstić information content (AvgIpc) is 3.03. The molecule has 0 aliphatic heterocycles. The van der Waals surface area contributed by atoms with Gasteiger partial charge in [-0.25, -0.2) is 4.57 Å². The van der Waals surface area contributed by atoms with Gasteiger partial charge >= 0.3 is 19.8 Å². The van der Waals surface area contributed by atoms with Gasteiger partial charge in [-0.1, -0.05) is 160 Å². The number of carbonyl (C=O) groups excluding carboxylic acids is 2. The summed E-state index contributed by atoms with van der Waals surface area (Å²) >= 11 is 0. The fourth-order valence-electron chi connectivity index (χ4n) is 5.36. The maximum absolute atomic E-state index is 12.4. The van der Waals surface area contributed by atoms with E-state index in [4.69, 9.17) is 19.3 Å². The van der Waals surface area contributed by atoms with Crippen molar-refractivity contribution in [3.63, 3.8) is 0 Å². The first-order valence-electron chi connectivity index (χ1n) is 19.1. The third kappa shape index (κ3) is 37.2. The lowest BCUT2D eigenvalue weighted by Crippen LogP contribution is -2.29. The Morgan fingerprint density at radius 1 is 0.553 bits per heavy atom. The van der Waals surface area contributed by atoms with Crippen molar-refractivity contribution < 1.29 is 37.9 Å². The van der Waals surface area contributed by atoms with Crippen LogP contribution in [-0.4, -0.2) is 41.0 Å². The summed E-state index contributed by atoms with van der Waals surface area (Å²) in [4.78, 5) is 42.7. The van der Waals surface area contributed by atoms with Crippen molar-refractivity contribution in [2.45, 2.75) is 193 Å². The third-order valence-corrected chi connectivity index (χ3v) is 8.74. The van der Waals surface area contributed by atoms with Crippen molar-refractivity contribution >= 4 is 19.8 Å². The van der Waals surface area contributed by atoms with Gasteiger partial charge in [0.1, 0.15) is 6.61 Å². The summed E-state index contributed by atoms with van der Waals surface area (Å²) in [5.74, 6) is -0.897. The molecule has 8 nitrogen and oxygen atoms in total. The quantitative estimate of drug-likeness (QED) is 0.0292. The van der Waals surface area contributed by atoms with Gasteiger partial charge in [0.25, 0.3) is 0 Å². The minimum atomic E-state index is -4.75. The smallest absolute Gasteiger partial charge is 0.462 e. The Kier molecular flexibility index (Phi) is 33.3. The van der Waals surface area contributed by atoms with Crippen LogP contribution < -0.4 is 0 Å². The SMILES string of the molecule is CCCCCC/C=C/C=C/CCCCCCCC(=O)OC[C@H](COP(=O)(O)O)OC(=O)CCCCCCCCCCCCCCCC. The lowest BCUT2D eigenvalue weighted by Gasteiger charge is -2.18. The highest BCUT2D eigenvalue weighted by Gasteiger charge is 2.22. The first kappa shape index (κ1) is 45.5. The molecule has 9 heteroatoms. The number of unbranched alkanes of at least 4 members (excludes halogenated alkanes) is 22. The summed E-state index contributed by atoms with van der Waals surface area (Å²) in [6.07, 6.45) is 37.5. The van der Waals surface area contributed by atoms with E-state index in [1.807, 2.05) is 0 Å². The van der Waals surface area contributed by atoms with Gasteiger partial charge in [0, 0.05) is 12.8 Å². The molecule has 0 radical (unpaired) electrons. The second-order valence-electron chi connectivity index (χ2n) is 12.9. The zero-order valence-electron chi connectivity index (χ0n) is 30.2. The van der Waals surface area contributed by atoms with E-state index in [2.05, 4.69) is 42.7 Å². The van der Waals surface area contributed by atoms with E-state index in [-0.39, 0.29) is 19.4 Å². The van der Waals surface area contributed by atoms with Crippen LogP contribution in [0.3, 0.4) is 0 Å². The number of phosphoric acid groups is 1. The first-order chi connectivity index (χ1) is 22.8. The molecule has 0 saturated heterocycles. The molecule has 0 fully saturated rings. The van der Waals surface area contributed by atoms with Crippen LogP contribution in [0.5, 0.6) is 0 Å². The first-order valence-corrected chi connectivity index (χ1v) is 20.7. The van der Waals surface area contributed by atoms with Crippen LogP contribution in [0.2, 0.25) is 0 Å². The van der Waals surface area contributed by atoms with Crippen molar-refractivity contribution in [3.8, 4) is 0 Å². The minimum Gasteiger partial charge on any atom is -0.462 e. The summed E-state index contributed by atoms with van der Waals surface area (Å²) in [5, 5.41) is 0. The second kappa shape index (κ2) is 34.4. The van der Waals surface area contributed by atoms with Crippen molar-refractivity contribution in [3.05, 3.63) is 24.3 Å². The van der Waals surface area contributed by atoms with Crippen molar-refractivity contribution in [2.75, 3.05) is 13.2 Å². The van der Waals surface area contributed by atoms with Gasteiger partial charge in [0.2, 0.25) is 0 Å². The molecule has 0 aromatic rings. The van der Waals surface area contributed by atoms with E-state index in [1.165, 1.54) is 89.9 Å². The summed E-state index contributed by atoms with van der Waals surface area (Å²) in [6, 6.07) is 0. The predicted molar refractivity (Wildman–Crippen MR) is 193 cm³/mol. The Morgan fingerprint density at radius 2 is 0.936 bits per heavy atom. The number of rotatable bonds is 35. The molecule has 0 aromatic carbocycles. The number of carbonyl (C=O) groups is 2. The molecule has 0 saturated carbocycles. The summed E-state index contributed by atoms with van der Waals surface area (Å²) in [5.41, 5.74) is 0. The molecule has 0 aliphatic carbocycles. The van der Waals surface area contributed by atoms with Crippen LogP contribution in [0, 0.1) is 0 Å². The van der Waals surface area contributed by atoms with Crippen LogP contribution in [0.25, 0.3) is 0 Å². The van der Waals surface area contributed by atoms with Crippen molar-refractivity contribution in [2.24, 2.45) is 0 Å². The topological polar surface area (TPSA) is 119 Å². The number of hydrogen-bond acceptors (Lipinski definition) is 6. The summed E-state index contributed by atoms with van der Waals surface area (Å²) in [6.45, 7) is 3.65. The highest BCUT2D eigenvalue weighted by Crippen LogP contribution is 2.36. The monoisotopic (exact) mass is 686 g/mol. The van der Waals surface area contributed by atoms with Gasteiger partial charge in [-0.3, -0.25) is 14.1 Å².